The van der Waals surface area contributed by atoms with Crippen LogP contribution in [0.2, 0.25) is 0 Å². The number of carbonyl (C=O) groups excluding carboxylic acids is 2. The summed E-state index contributed by atoms with van der Waals surface area (Å²) in [6.07, 6.45) is 4.23. The van der Waals surface area contributed by atoms with Gasteiger partial charge in [-0.05, 0) is 49.6 Å². The van der Waals surface area contributed by atoms with E-state index >= 15 is 0 Å². The molecule has 0 spiro atoms. The fraction of sp³-hybridized carbons (Fsp3) is 0.346. The van der Waals surface area contributed by atoms with E-state index < -0.39 is 0 Å². The molecular weight excluding hydrogens is 400 g/mol. The maximum atomic E-state index is 13.4. The number of likely N-dealkylation sites (N-methyl/N-ethyl adjacent to an activating group) is 1. The van der Waals surface area contributed by atoms with Crippen LogP contribution in [0.4, 0.5) is 0 Å². The third kappa shape index (κ3) is 5.25. The van der Waals surface area contributed by atoms with Crippen LogP contribution in [-0.2, 0) is 7.05 Å². The van der Waals surface area contributed by atoms with Crippen molar-refractivity contribution in [3.05, 3.63) is 89.0 Å². The van der Waals surface area contributed by atoms with Crippen LogP contribution < -0.4 is 5.32 Å². The van der Waals surface area contributed by atoms with Crippen LogP contribution in [0, 0.1) is 13.8 Å². The molecule has 3 aromatic rings. The number of amides is 2. The predicted octanol–water partition coefficient (Wildman–Crippen LogP) is 4.10. The quantitative estimate of drug-likeness (QED) is 0.583. The lowest BCUT2D eigenvalue weighted by Gasteiger charge is -2.34. The van der Waals surface area contributed by atoms with Gasteiger partial charge in [0.2, 0.25) is 0 Å². The van der Waals surface area contributed by atoms with E-state index in [2.05, 4.69) is 29.4 Å². The summed E-state index contributed by atoms with van der Waals surface area (Å²) in [6.45, 7) is 6.40. The van der Waals surface area contributed by atoms with Gasteiger partial charge in [-0.3, -0.25) is 14.6 Å². The molecule has 2 heterocycles. The SMILES string of the molecule is Cc1cc(C(=O)N(C)C(CCNC(=O)c2cccn2C)C(C)c2ccccc2)c(C)cn1. The van der Waals surface area contributed by atoms with Crippen molar-refractivity contribution in [2.24, 2.45) is 7.05 Å². The number of hydrogen-bond acceptors (Lipinski definition) is 3. The van der Waals surface area contributed by atoms with Crippen molar-refractivity contribution in [2.75, 3.05) is 13.6 Å². The van der Waals surface area contributed by atoms with Gasteiger partial charge in [0.1, 0.15) is 5.69 Å². The van der Waals surface area contributed by atoms with E-state index in [1.165, 1.54) is 0 Å². The summed E-state index contributed by atoms with van der Waals surface area (Å²) in [5.74, 6) is -0.0481. The first-order chi connectivity index (χ1) is 15.3. The summed E-state index contributed by atoms with van der Waals surface area (Å²) in [5.41, 5.74) is 4.11. The molecule has 3 rings (SSSR count). The first kappa shape index (κ1) is 23.3. The molecular formula is C26H32N4O2. The summed E-state index contributed by atoms with van der Waals surface area (Å²) in [7, 11) is 3.70. The summed E-state index contributed by atoms with van der Waals surface area (Å²) in [4.78, 5) is 32.1. The van der Waals surface area contributed by atoms with E-state index in [4.69, 9.17) is 0 Å². The maximum Gasteiger partial charge on any atom is 0.267 e. The molecule has 0 saturated heterocycles. The molecule has 2 atom stereocenters. The molecule has 2 amide bonds. The molecule has 0 aliphatic rings. The lowest BCUT2D eigenvalue weighted by Crippen LogP contribution is -2.43. The molecule has 1 aromatic carbocycles. The normalized spacial score (nSPS) is 12.8. The van der Waals surface area contributed by atoms with Crippen molar-refractivity contribution < 1.29 is 9.59 Å². The number of benzene rings is 1. The molecule has 1 N–H and O–H groups in total. The maximum absolute atomic E-state index is 13.4. The average molecular weight is 433 g/mol. The second-order valence-electron chi connectivity index (χ2n) is 8.37. The molecule has 6 heteroatoms. The average Bonchev–Trinajstić information content (AvgIpc) is 3.23. The zero-order chi connectivity index (χ0) is 23.3. The number of nitrogens with one attached hydrogen (secondary N) is 1. The van der Waals surface area contributed by atoms with Crippen LogP contribution in [0.25, 0.3) is 0 Å². The van der Waals surface area contributed by atoms with E-state index in [-0.39, 0.29) is 23.8 Å². The van der Waals surface area contributed by atoms with Crippen LogP contribution in [-0.4, -0.2) is 45.9 Å². The van der Waals surface area contributed by atoms with Crippen LogP contribution in [0.15, 0.2) is 60.9 Å². The van der Waals surface area contributed by atoms with E-state index in [9.17, 15) is 9.59 Å². The minimum atomic E-state index is -0.113. The van der Waals surface area contributed by atoms with Gasteiger partial charge < -0.3 is 14.8 Å². The lowest BCUT2D eigenvalue weighted by molar-refractivity contribution is 0.0701. The standard InChI is InChI=1S/C26H32N4O2/c1-18-17-28-19(2)16-22(18)26(32)30(5)23(20(3)21-10-7-6-8-11-21)13-14-27-25(31)24-12-9-15-29(24)4/h6-12,15-17,20,23H,13-14H2,1-5H3,(H,27,31). The molecule has 2 unspecified atom stereocenters. The lowest BCUT2D eigenvalue weighted by atomic mass is 9.89. The minimum absolute atomic E-state index is 0.0328. The second kappa shape index (κ2) is 10.3. The number of aryl methyl sites for hydroxylation is 3. The van der Waals surface area contributed by atoms with Crippen molar-refractivity contribution >= 4 is 11.8 Å². The van der Waals surface area contributed by atoms with E-state index in [0.29, 0.717) is 24.2 Å². The van der Waals surface area contributed by atoms with Gasteiger partial charge in [0.15, 0.2) is 0 Å². The zero-order valence-corrected chi connectivity index (χ0v) is 19.5. The van der Waals surface area contributed by atoms with Crippen molar-refractivity contribution in [3.63, 3.8) is 0 Å². The van der Waals surface area contributed by atoms with Crippen LogP contribution >= 0.6 is 0 Å². The summed E-state index contributed by atoms with van der Waals surface area (Å²) >= 11 is 0. The monoisotopic (exact) mass is 432 g/mol. The highest BCUT2D eigenvalue weighted by molar-refractivity contribution is 5.95. The Morgan fingerprint density at radius 2 is 1.84 bits per heavy atom. The Balaban J connectivity index is 1.80. The molecule has 0 saturated carbocycles. The number of nitrogens with zero attached hydrogens (tertiary/aromatic N) is 3. The number of rotatable bonds is 8. The van der Waals surface area contributed by atoms with Gasteiger partial charge in [-0.2, -0.15) is 0 Å². The Hall–Kier alpha value is -3.41. The molecule has 2 aromatic heterocycles. The number of carbonyl (C=O) groups is 2. The van der Waals surface area contributed by atoms with Gasteiger partial charge in [-0.15, -0.1) is 0 Å². The summed E-state index contributed by atoms with van der Waals surface area (Å²) < 4.78 is 1.80. The highest BCUT2D eigenvalue weighted by atomic mass is 16.2. The second-order valence-corrected chi connectivity index (χ2v) is 8.37. The van der Waals surface area contributed by atoms with Gasteiger partial charge in [0.25, 0.3) is 11.8 Å². The van der Waals surface area contributed by atoms with Crippen molar-refractivity contribution in [2.45, 2.75) is 39.2 Å². The molecule has 0 aliphatic heterocycles. The Morgan fingerprint density at radius 3 is 2.50 bits per heavy atom. The predicted molar refractivity (Wildman–Crippen MR) is 127 cm³/mol. The Kier molecular flexibility index (Phi) is 7.46. The molecule has 0 radical (unpaired) electrons. The Morgan fingerprint density at radius 1 is 1.12 bits per heavy atom. The highest BCUT2D eigenvalue weighted by Gasteiger charge is 2.28. The number of pyridine rings is 1. The molecule has 0 aliphatic carbocycles. The highest BCUT2D eigenvalue weighted by Crippen LogP contribution is 2.26. The summed E-state index contributed by atoms with van der Waals surface area (Å²) in [5, 5.41) is 3.01. The minimum Gasteiger partial charge on any atom is -0.351 e. The van der Waals surface area contributed by atoms with Crippen LogP contribution in [0.3, 0.4) is 0 Å². The van der Waals surface area contributed by atoms with E-state index in [1.54, 1.807) is 16.8 Å². The fourth-order valence-electron chi connectivity index (χ4n) is 4.08. The van der Waals surface area contributed by atoms with Gasteiger partial charge in [-0.25, -0.2) is 0 Å². The van der Waals surface area contributed by atoms with Gasteiger partial charge in [-0.1, -0.05) is 37.3 Å². The first-order valence-corrected chi connectivity index (χ1v) is 10.9. The zero-order valence-electron chi connectivity index (χ0n) is 19.5. The number of aromatic nitrogens is 2. The van der Waals surface area contributed by atoms with Crippen molar-refractivity contribution in [1.29, 1.82) is 0 Å². The van der Waals surface area contributed by atoms with Gasteiger partial charge in [0.05, 0.1) is 0 Å². The third-order valence-corrected chi connectivity index (χ3v) is 6.09. The fourth-order valence-corrected chi connectivity index (χ4v) is 4.08. The topological polar surface area (TPSA) is 67.2 Å². The van der Waals surface area contributed by atoms with Crippen LogP contribution in [0.5, 0.6) is 0 Å². The third-order valence-electron chi connectivity index (χ3n) is 6.09. The molecule has 32 heavy (non-hydrogen) atoms. The molecule has 168 valence electrons. The Bertz CT molecular complexity index is 1070. The molecule has 6 nitrogen and oxygen atoms in total. The van der Waals surface area contributed by atoms with E-state index in [0.717, 1.165) is 16.8 Å². The van der Waals surface area contributed by atoms with E-state index in [1.807, 2.05) is 69.4 Å². The summed E-state index contributed by atoms with van der Waals surface area (Å²) in [6, 6.07) is 15.6. The number of hydrogen-bond donors (Lipinski definition) is 1. The molecule has 0 bridgehead atoms. The first-order valence-electron chi connectivity index (χ1n) is 10.9. The largest absolute Gasteiger partial charge is 0.351 e. The van der Waals surface area contributed by atoms with Crippen LogP contribution in [0.1, 0.15) is 56.9 Å². The Labute approximate surface area is 190 Å². The van der Waals surface area contributed by atoms with Crippen molar-refractivity contribution in [1.82, 2.24) is 19.8 Å². The molecule has 0 fully saturated rings. The van der Waals surface area contributed by atoms with Gasteiger partial charge in [0, 0.05) is 56.3 Å². The van der Waals surface area contributed by atoms with Crippen molar-refractivity contribution in [3.8, 4) is 0 Å². The van der Waals surface area contributed by atoms with Gasteiger partial charge >= 0.3 is 0 Å². The smallest absolute Gasteiger partial charge is 0.267 e.